The van der Waals surface area contributed by atoms with Gasteiger partial charge < -0.3 is 9.88 Å². The predicted octanol–water partition coefficient (Wildman–Crippen LogP) is 5.21. The lowest BCUT2D eigenvalue weighted by Crippen LogP contribution is -2.65. The molecule has 5 rings (SSSR count). The maximum absolute atomic E-state index is 13.9. The van der Waals surface area contributed by atoms with E-state index in [0.717, 1.165) is 47.8 Å². The number of carbonyl (C=O) groups is 2. The van der Waals surface area contributed by atoms with Gasteiger partial charge in [0.2, 0.25) is 5.91 Å². The molecule has 1 unspecified atom stereocenters. The summed E-state index contributed by atoms with van der Waals surface area (Å²) in [6.45, 7) is 4.36. The first-order valence-corrected chi connectivity index (χ1v) is 11.8. The molecule has 2 amide bonds. The van der Waals surface area contributed by atoms with Crippen molar-refractivity contribution in [3.05, 3.63) is 65.9 Å². The first-order valence-electron chi connectivity index (χ1n) is 11.8. The molecule has 2 aliphatic rings. The molecule has 1 atom stereocenters. The van der Waals surface area contributed by atoms with Gasteiger partial charge in [-0.25, -0.2) is 0 Å². The molecule has 1 aromatic heterocycles. The second-order valence-electron chi connectivity index (χ2n) is 9.59. The predicted molar refractivity (Wildman–Crippen MR) is 128 cm³/mol. The van der Waals surface area contributed by atoms with Gasteiger partial charge in [0, 0.05) is 22.6 Å². The van der Waals surface area contributed by atoms with Gasteiger partial charge in [0.05, 0.1) is 6.54 Å². The molecule has 1 fully saturated rings. The number of nitrogens with one attached hydrogen (secondary N) is 1. The smallest absolute Gasteiger partial charge is 0.275 e. The van der Waals surface area contributed by atoms with E-state index in [0.29, 0.717) is 12.2 Å². The first kappa shape index (κ1) is 20.8. The van der Waals surface area contributed by atoms with Gasteiger partial charge in [-0.1, -0.05) is 61.6 Å². The highest BCUT2D eigenvalue weighted by Crippen LogP contribution is 2.36. The maximum atomic E-state index is 13.9. The van der Waals surface area contributed by atoms with Crippen LogP contribution in [-0.2, 0) is 11.3 Å². The number of aryl methyl sites for hydroxylation is 1. The van der Waals surface area contributed by atoms with Crippen molar-refractivity contribution >= 4 is 28.4 Å². The number of fused-ring (bicyclic) bond motifs is 3. The third kappa shape index (κ3) is 3.50. The topological polar surface area (TPSA) is 54.3 Å². The third-order valence-electron chi connectivity index (χ3n) is 7.16. The standard InChI is InChI=1S/C27H31N3O2/c1-19-13-15-22(16-14-19)30-25(31)24-17-20-9-7-8-12-23(20)29(24)18-27(30,2)26(32)28-21-10-5-3-4-6-11-21/h7-9,12-17,21H,3-6,10-11,18H2,1-2H3,(H,28,32). The van der Waals surface area contributed by atoms with Crippen LogP contribution in [0.15, 0.2) is 54.6 Å². The van der Waals surface area contributed by atoms with Crippen LogP contribution in [0.2, 0.25) is 0 Å². The summed E-state index contributed by atoms with van der Waals surface area (Å²) >= 11 is 0. The average Bonchev–Trinajstić information content (AvgIpc) is 2.96. The average molecular weight is 430 g/mol. The Balaban J connectivity index is 1.59. The van der Waals surface area contributed by atoms with Crippen LogP contribution in [0.4, 0.5) is 5.69 Å². The molecule has 0 spiro atoms. The summed E-state index contributed by atoms with van der Waals surface area (Å²) in [5.74, 6) is -0.198. The largest absolute Gasteiger partial charge is 0.351 e. The summed E-state index contributed by atoms with van der Waals surface area (Å²) in [7, 11) is 0. The van der Waals surface area contributed by atoms with Gasteiger partial charge in [-0.05, 0) is 51.0 Å². The van der Waals surface area contributed by atoms with Crippen molar-refractivity contribution in [3.8, 4) is 0 Å². The Morgan fingerprint density at radius 3 is 2.41 bits per heavy atom. The number of para-hydroxylation sites is 1. The molecule has 1 aliphatic heterocycles. The molecule has 2 heterocycles. The highest BCUT2D eigenvalue weighted by Gasteiger charge is 2.49. The van der Waals surface area contributed by atoms with Crippen LogP contribution in [0.3, 0.4) is 0 Å². The molecule has 1 N–H and O–H groups in total. The van der Waals surface area contributed by atoms with Crippen LogP contribution in [0.5, 0.6) is 0 Å². The Bertz CT molecular complexity index is 1160. The Kier molecular flexibility index (Phi) is 5.28. The normalized spacial score (nSPS) is 21.9. The fourth-order valence-corrected chi connectivity index (χ4v) is 5.31. The van der Waals surface area contributed by atoms with E-state index in [1.165, 1.54) is 12.8 Å². The van der Waals surface area contributed by atoms with E-state index >= 15 is 0 Å². The molecule has 3 aromatic rings. The van der Waals surface area contributed by atoms with Gasteiger partial charge in [-0.3, -0.25) is 14.5 Å². The van der Waals surface area contributed by atoms with E-state index in [4.69, 9.17) is 0 Å². The van der Waals surface area contributed by atoms with Crippen molar-refractivity contribution in [3.63, 3.8) is 0 Å². The lowest BCUT2D eigenvalue weighted by atomic mass is 9.92. The summed E-state index contributed by atoms with van der Waals surface area (Å²) < 4.78 is 2.02. The van der Waals surface area contributed by atoms with Crippen LogP contribution >= 0.6 is 0 Å². The molecule has 5 nitrogen and oxygen atoms in total. The molecular weight excluding hydrogens is 398 g/mol. The van der Waals surface area contributed by atoms with E-state index in [2.05, 4.69) is 5.32 Å². The highest BCUT2D eigenvalue weighted by atomic mass is 16.2. The molecule has 1 aliphatic carbocycles. The van der Waals surface area contributed by atoms with Crippen molar-refractivity contribution < 1.29 is 9.59 Å². The van der Waals surface area contributed by atoms with Gasteiger partial charge in [-0.15, -0.1) is 0 Å². The molecule has 0 bridgehead atoms. The van der Waals surface area contributed by atoms with Gasteiger partial charge >= 0.3 is 0 Å². The second kappa shape index (κ2) is 8.12. The number of hydrogen-bond donors (Lipinski definition) is 1. The molecule has 166 valence electrons. The SMILES string of the molecule is Cc1ccc(N2C(=O)c3cc4ccccc4n3CC2(C)C(=O)NC2CCCCCC2)cc1. The number of anilines is 1. The van der Waals surface area contributed by atoms with Gasteiger partial charge in [-0.2, -0.15) is 0 Å². The fraction of sp³-hybridized carbons (Fsp3) is 0.407. The summed E-state index contributed by atoms with van der Waals surface area (Å²) in [5.41, 5.74) is 2.49. The van der Waals surface area contributed by atoms with Crippen LogP contribution < -0.4 is 10.2 Å². The maximum Gasteiger partial charge on any atom is 0.275 e. The zero-order chi connectivity index (χ0) is 22.3. The van der Waals surface area contributed by atoms with Gasteiger partial charge in [0.15, 0.2) is 0 Å². The van der Waals surface area contributed by atoms with Crippen LogP contribution in [0, 0.1) is 6.92 Å². The quantitative estimate of drug-likeness (QED) is 0.581. The van der Waals surface area contributed by atoms with Crippen molar-refractivity contribution in [1.29, 1.82) is 0 Å². The monoisotopic (exact) mass is 429 g/mol. The van der Waals surface area contributed by atoms with E-state index in [9.17, 15) is 9.59 Å². The van der Waals surface area contributed by atoms with Crippen LogP contribution in [0.25, 0.3) is 10.9 Å². The molecule has 0 radical (unpaired) electrons. The zero-order valence-corrected chi connectivity index (χ0v) is 18.9. The van der Waals surface area contributed by atoms with E-state index in [-0.39, 0.29) is 17.9 Å². The van der Waals surface area contributed by atoms with E-state index in [1.54, 1.807) is 4.90 Å². The molecule has 1 saturated carbocycles. The minimum atomic E-state index is -1.02. The minimum Gasteiger partial charge on any atom is -0.351 e. The molecule has 5 heteroatoms. The van der Waals surface area contributed by atoms with E-state index < -0.39 is 5.54 Å². The summed E-state index contributed by atoms with van der Waals surface area (Å²) in [5, 5.41) is 4.35. The molecule has 2 aromatic carbocycles. The summed E-state index contributed by atoms with van der Waals surface area (Å²) in [4.78, 5) is 29.4. The first-order chi connectivity index (χ1) is 15.5. The summed E-state index contributed by atoms with van der Waals surface area (Å²) in [6, 6.07) is 18.0. The van der Waals surface area contributed by atoms with Crippen LogP contribution in [0.1, 0.15) is 61.5 Å². The van der Waals surface area contributed by atoms with Gasteiger partial charge in [0.1, 0.15) is 11.2 Å². The molecular formula is C27H31N3O2. The van der Waals surface area contributed by atoms with Crippen molar-refractivity contribution in [1.82, 2.24) is 9.88 Å². The van der Waals surface area contributed by atoms with Crippen molar-refractivity contribution in [2.24, 2.45) is 0 Å². The van der Waals surface area contributed by atoms with Crippen LogP contribution in [-0.4, -0.2) is 28.0 Å². The minimum absolute atomic E-state index is 0.0678. The fourth-order valence-electron chi connectivity index (χ4n) is 5.31. The Labute approximate surface area is 189 Å². The molecule has 0 saturated heterocycles. The number of hydrogen-bond acceptors (Lipinski definition) is 2. The third-order valence-corrected chi connectivity index (χ3v) is 7.16. The van der Waals surface area contributed by atoms with Crippen molar-refractivity contribution in [2.45, 2.75) is 70.5 Å². The number of rotatable bonds is 3. The Hall–Kier alpha value is -3.08. The Morgan fingerprint density at radius 2 is 1.69 bits per heavy atom. The lowest BCUT2D eigenvalue weighted by molar-refractivity contribution is -0.127. The van der Waals surface area contributed by atoms with Crippen molar-refractivity contribution in [2.75, 3.05) is 4.90 Å². The Morgan fingerprint density at radius 1 is 1.00 bits per heavy atom. The number of benzene rings is 2. The number of aromatic nitrogens is 1. The van der Waals surface area contributed by atoms with Gasteiger partial charge in [0.25, 0.3) is 5.91 Å². The van der Waals surface area contributed by atoms with E-state index in [1.807, 2.05) is 73.0 Å². The number of carbonyl (C=O) groups excluding carboxylic acids is 2. The second-order valence-corrected chi connectivity index (χ2v) is 9.59. The molecule has 32 heavy (non-hydrogen) atoms. The zero-order valence-electron chi connectivity index (χ0n) is 18.9. The summed E-state index contributed by atoms with van der Waals surface area (Å²) in [6.07, 6.45) is 6.78. The number of amides is 2. The lowest BCUT2D eigenvalue weighted by Gasteiger charge is -2.44. The number of nitrogens with zero attached hydrogens (tertiary/aromatic N) is 2. The highest BCUT2D eigenvalue weighted by molar-refractivity contribution is 6.14.